The molecule has 0 saturated heterocycles. The smallest absolute Gasteiger partial charge is 0.724 e. The average molecular weight is 1030 g/mol. The first-order chi connectivity index (χ1) is 16.8. The molecule has 252 valence electrons. The Kier molecular flexibility index (Phi) is 34.1. The van der Waals surface area contributed by atoms with E-state index in [0.29, 0.717) is 0 Å². The van der Waals surface area contributed by atoms with Crippen molar-refractivity contribution in [3.8, 4) is 0 Å². The number of hydrogen-bond donors (Lipinski definition) is 0. The van der Waals surface area contributed by atoms with Gasteiger partial charge in [0.1, 0.15) is 0 Å². The van der Waals surface area contributed by atoms with E-state index in [-0.39, 0.29) is 96.9 Å². The molecule has 0 atom stereocenters. The second-order valence-electron chi connectivity index (χ2n) is 3.81. The summed E-state index contributed by atoms with van der Waals surface area (Å²) in [7, 11) is -42.5. The van der Waals surface area contributed by atoms with Crippen molar-refractivity contribution in [1.29, 1.82) is 0 Å². The number of rotatable bonds is 12. The molecule has 0 fully saturated rings. The minimum atomic E-state index is -5.31. The van der Waals surface area contributed by atoms with Gasteiger partial charge in [0.05, 0.1) is 0 Å². The molecule has 0 saturated carbocycles. The van der Waals surface area contributed by atoms with E-state index in [1.54, 1.807) is 0 Å². The quantitative estimate of drug-likeness (QED) is 0.0576. The maximum absolute atomic E-state index is 9.37. The monoisotopic (exact) mass is 1030 g/mol. The van der Waals surface area contributed by atoms with Gasteiger partial charge < -0.3 is 36.4 Å². The van der Waals surface area contributed by atoms with Crippen LogP contribution in [0.15, 0.2) is 0 Å². The molecule has 0 heterocycles. The molecular weight excluding hydrogens is 1030 g/mol. The zero-order valence-corrected chi connectivity index (χ0v) is 32.4. The summed E-state index contributed by atoms with van der Waals surface area (Å²) in [6.45, 7) is 0. The van der Waals surface area contributed by atoms with Gasteiger partial charge in [-0.2, -0.15) is 0 Å². The van der Waals surface area contributed by atoms with Gasteiger partial charge in [-0.15, -0.1) is 34.7 Å². The zero-order chi connectivity index (χ0) is 33.7. The van der Waals surface area contributed by atoms with Gasteiger partial charge >= 0.3 is 96.9 Å². The third-order valence-electron chi connectivity index (χ3n) is 0.778. The molecule has 0 aromatic carbocycles. The second kappa shape index (κ2) is 24.3. The molecule has 0 aliphatic rings. The van der Waals surface area contributed by atoms with Gasteiger partial charge in [-0.1, -0.05) is 0 Å². The van der Waals surface area contributed by atoms with Crippen molar-refractivity contribution in [3.63, 3.8) is 0 Å². The SMILES string of the molecule is O=S(=O)([O-])OOS(=O)(=O)[O-].O=S(=O)([O-])OOS(=O)(=O)[O-].O=S(=O)([O-])OOS(=O)(=O)[O-].O=S(=O)([O-])OOS(=O)(=O)[O-].[K+].[Mo+4].[Sb+3]. The Labute approximate surface area is 314 Å². The summed E-state index contributed by atoms with van der Waals surface area (Å²) in [5.74, 6) is 0. The fraction of sp³-hybridized carbons (Fsp3) is 0. The van der Waals surface area contributed by atoms with Crippen molar-refractivity contribution in [1.82, 2.24) is 0 Å². The van der Waals surface area contributed by atoms with Gasteiger partial charge in [0.15, 0.2) is 0 Å². The Balaban J connectivity index is -0.0000000785. The first kappa shape index (κ1) is 60.4. The van der Waals surface area contributed by atoms with Crippen LogP contribution in [-0.4, -0.2) is 128 Å². The van der Waals surface area contributed by atoms with E-state index in [4.69, 9.17) is 0 Å². The molecular formula is KMoO32S8Sb. The van der Waals surface area contributed by atoms with Crippen LogP contribution < -0.4 is 51.4 Å². The molecule has 0 bridgehead atoms. The van der Waals surface area contributed by atoms with Crippen LogP contribution in [0.4, 0.5) is 0 Å². The van der Waals surface area contributed by atoms with E-state index in [1.807, 2.05) is 0 Å². The first-order valence-electron chi connectivity index (χ1n) is 6.00. The Morgan fingerprint density at radius 3 is 0.326 bits per heavy atom. The summed E-state index contributed by atoms with van der Waals surface area (Å²) in [6.07, 6.45) is 0. The summed E-state index contributed by atoms with van der Waals surface area (Å²) >= 11 is 0. The van der Waals surface area contributed by atoms with Gasteiger partial charge in [-0.05, 0) is 0 Å². The number of hydrogen-bond acceptors (Lipinski definition) is 32. The van der Waals surface area contributed by atoms with Gasteiger partial charge in [0.2, 0.25) is 83.2 Å². The summed E-state index contributed by atoms with van der Waals surface area (Å²) in [5, 5.41) is 0. The second-order valence-corrected chi connectivity index (χ2v) is 11.4. The van der Waals surface area contributed by atoms with E-state index in [0.717, 1.165) is 0 Å². The molecule has 0 aliphatic carbocycles. The fourth-order valence-corrected chi connectivity index (χ4v) is 2.45. The third kappa shape index (κ3) is 86.3. The van der Waals surface area contributed by atoms with Crippen molar-refractivity contribution >= 4 is 108 Å². The van der Waals surface area contributed by atoms with Crippen LogP contribution in [0.2, 0.25) is 0 Å². The van der Waals surface area contributed by atoms with Crippen molar-refractivity contribution in [2.24, 2.45) is 0 Å². The van der Waals surface area contributed by atoms with Crippen molar-refractivity contribution in [2.75, 3.05) is 0 Å². The zero-order valence-electron chi connectivity index (χ0n) is 18.2. The molecule has 2 radical (unpaired) electrons. The summed E-state index contributed by atoms with van der Waals surface area (Å²) in [5.41, 5.74) is 0. The summed E-state index contributed by atoms with van der Waals surface area (Å²) in [6, 6.07) is 0. The van der Waals surface area contributed by atoms with E-state index in [1.165, 1.54) is 0 Å². The van der Waals surface area contributed by atoms with Crippen LogP contribution in [0, 0.1) is 0 Å². The van der Waals surface area contributed by atoms with E-state index in [9.17, 15) is 104 Å². The molecule has 0 aromatic rings. The molecule has 0 N–H and O–H groups in total. The topological polar surface area (TPSA) is 531 Å². The largest absolute Gasteiger partial charge is 4.00 e. The molecule has 0 spiro atoms. The van der Waals surface area contributed by atoms with Crippen LogP contribution in [0.3, 0.4) is 0 Å². The average Bonchev–Trinajstić information content (AvgIpc) is 2.59. The molecule has 32 nitrogen and oxygen atoms in total. The predicted octanol–water partition coefficient (Wildman–Crippen LogP) is -12.0. The van der Waals surface area contributed by atoms with Gasteiger partial charge in [-0.3, -0.25) is 0 Å². The summed E-state index contributed by atoms with van der Waals surface area (Å²) in [4.78, 5) is 0. The summed E-state index contributed by atoms with van der Waals surface area (Å²) < 4.78 is 246. The van der Waals surface area contributed by atoms with Gasteiger partial charge in [-0.25, -0.2) is 67.3 Å². The minimum absolute atomic E-state index is 0. The molecule has 0 aromatic heterocycles. The van der Waals surface area contributed by atoms with Crippen LogP contribution in [-0.2, 0) is 139 Å². The standard InChI is InChI=1S/K.Mo.4H2O8S2.Sb/c;;4*1-9(2,3)7-8-10(4,5)6;/h;;4*(H,1,2,3)(H,4,5,6);/q+1;+4;;;;;+3/p-8. The van der Waals surface area contributed by atoms with Crippen molar-refractivity contribution in [3.05, 3.63) is 0 Å². The van der Waals surface area contributed by atoms with E-state index < -0.39 is 83.2 Å². The predicted molar refractivity (Wildman–Crippen MR) is 92.0 cm³/mol. The normalized spacial score (nSPS) is 12.5. The van der Waals surface area contributed by atoms with Crippen molar-refractivity contribution < 1.29 is 211 Å². The van der Waals surface area contributed by atoms with E-state index in [2.05, 4.69) is 34.7 Å². The van der Waals surface area contributed by atoms with Gasteiger partial charge in [0.25, 0.3) is 0 Å². The minimum Gasteiger partial charge on any atom is -0.724 e. The molecule has 43 heteroatoms. The van der Waals surface area contributed by atoms with Crippen LogP contribution >= 0.6 is 0 Å². The van der Waals surface area contributed by atoms with E-state index >= 15 is 0 Å². The Bertz CT molecular complexity index is 1250. The van der Waals surface area contributed by atoms with Crippen LogP contribution in [0.25, 0.3) is 0 Å². The molecule has 0 aliphatic heterocycles. The molecule has 0 amide bonds. The molecule has 0 rings (SSSR count). The maximum atomic E-state index is 9.37. The Hall–Kier alpha value is 2.10. The molecule has 43 heavy (non-hydrogen) atoms. The van der Waals surface area contributed by atoms with Crippen LogP contribution in [0.1, 0.15) is 0 Å². The Morgan fingerprint density at radius 2 is 0.302 bits per heavy atom. The first-order valence-corrected chi connectivity index (χ1v) is 16.7. The third-order valence-corrected chi connectivity index (χ3v) is 3.00. The maximum Gasteiger partial charge on any atom is 4.00 e. The van der Waals surface area contributed by atoms with Crippen LogP contribution in [0.5, 0.6) is 0 Å². The molecule has 0 unspecified atom stereocenters. The Morgan fingerprint density at radius 1 is 0.256 bits per heavy atom. The fourth-order valence-electron chi connectivity index (χ4n) is 0.272. The van der Waals surface area contributed by atoms with Gasteiger partial charge in [0, 0.05) is 0 Å². The van der Waals surface area contributed by atoms with Crippen molar-refractivity contribution in [2.45, 2.75) is 0 Å².